The molecule has 0 aliphatic carbocycles. The number of benzene rings is 1. The van der Waals surface area contributed by atoms with E-state index < -0.39 is 0 Å². The topological polar surface area (TPSA) is 125 Å². The molecule has 4 rings (SSSR count). The van der Waals surface area contributed by atoms with Gasteiger partial charge in [0.05, 0.1) is 39.1 Å². The highest BCUT2D eigenvalue weighted by atomic mass is 16.5. The van der Waals surface area contributed by atoms with Crippen LogP contribution in [0.15, 0.2) is 35.2 Å². The summed E-state index contributed by atoms with van der Waals surface area (Å²) in [6.45, 7) is 0.913. The number of amides is 2. The van der Waals surface area contributed by atoms with E-state index in [2.05, 4.69) is 25.4 Å². The second-order valence-corrected chi connectivity index (χ2v) is 6.49. The number of carbonyl (C=O) groups excluding carboxylic acids is 1. The largest absolute Gasteiger partial charge is 0.493 e. The predicted molar refractivity (Wildman–Crippen MR) is 105 cm³/mol. The zero-order chi connectivity index (χ0) is 21.1. The van der Waals surface area contributed by atoms with E-state index in [9.17, 15) is 4.79 Å². The maximum absolute atomic E-state index is 12.6. The molecule has 3 heterocycles. The molecule has 0 atom stereocenters. The molecule has 11 heteroatoms. The van der Waals surface area contributed by atoms with E-state index in [1.54, 1.807) is 35.6 Å². The summed E-state index contributed by atoms with van der Waals surface area (Å²) in [6, 6.07) is 3.08. The predicted octanol–water partition coefficient (Wildman–Crippen LogP) is 2.18. The van der Waals surface area contributed by atoms with E-state index in [4.69, 9.17) is 18.7 Å². The van der Waals surface area contributed by atoms with Gasteiger partial charge in [0.1, 0.15) is 5.69 Å². The van der Waals surface area contributed by atoms with Crippen LogP contribution in [0.3, 0.4) is 0 Å². The van der Waals surface area contributed by atoms with E-state index in [0.717, 1.165) is 0 Å². The third kappa shape index (κ3) is 3.69. The second-order valence-electron chi connectivity index (χ2n) is 6.49. The number of nitrogens with one attached hydrogen (secondary N) is 1. The highest BCUT2D eigenvalue weighted by Gasteiger charge is 2.36. The van der Waals surface area contributed by atoms with Crippen LogP contribution in [0, 0.1) is 0 Å². The van der Waals surface area contributed by atoms with Crippen molar-refractivity contribution in [2.45, 2.75) is 5.92 Å². The van der Waals surface area contributed by atoms with Gasteiger partial charge >= 0.3 is 6.03 Å². The molecule has 0 unspecified atom stereocenters. The number of nitrogens with zero attached hydrogens (tertiary/aromatic N) is 5. The second kappa shape index (κ2) is 8.23. The van der Waals surface area contributed by atoms with Crippen molar-refractivity contribution in [3.63, 3.8) is 0 Å². The zero-order valence-electron chi connectivity index (χ0n) is 16.7. The maximum atomic E-state index is 12.6. The van der Waals surface area contributed by atoms with Crippen LogP contribution in [-0.2, 0) is 0 Å². The molecule has 0 bridgehead atoms. The lowest BCUT2D eigenvalue weighted by atomic mass is 10.0. The van der Waals surface area contributed by atoms with Crippen molar-refractivity contribution in [3.8, 4) is 28.8 Å². The zero-order valence-corrected chi connectivity index (χ0v) is 16.7. The van der Waals surface area contributed by atoms with Crippen molar-refractivity contribution in [1.82, 2.24) is 25.0 Å². The molecule has 1 aliphatic rings. The van der Waals surface area contributed by atoms with E-state index in [1.165, 1.54) is 21.3 Å². The van der Waals surface area contributed by atoms with Crippen molar-refractivity contribution in [2.75, 3.05) is 39.7 Å². The Balaban J connectivity index is 1.39. The molecular formula is C19H20N6O5. The first kappa shape index (κ1) is 19.4. The molecule has 1 fully saturated rings. The SMILES string of the molecule is COc1cc(NC(=O)N2CC(c3nc(-c4cnccn4)no3)C2)cc(OC)c1OC. The number of anilines is 1. The van der Waals surface area contributed by atoms with Crippen molar-refractivity contribution < 1.29 is 23.5 Å². The van der Waals surface area contributed by atoms with Gasteiger partial charge in [0.15, 0.2) is 11.5 Å². The summed E-state index contributed by atoms with van der Waals surface area (Å²) in [7, 11) is 4.55. The lowest BCUT2D eigenvalue weighted by Crippen LogP contribution is -2.50. The van der Waals surface area contributed by atoms with Crippen LogP contribution in [0.4, 0.5) is 10.5 Å². The van der Waals surface area contributed by atoms with Gasteiger partial charge in [0, 0.05) is 37.6 Å². The van der Waals surface area contributed by atoms with Crippen molar-refractivity contribution >= 4 is 11.7 Å². The van der Waals surface area contributed by atoms with Crippen molar-refractivity contribution in [3.05, 3.63) is 36.6 Å². The molecule has 3 aromatic rings. The minimum absolute atomic E-state index is 0.0337. The summed E-state index contributed by atoms with van der Waals surface area (Å²) < 4.78 is 21.2. The monoisotopic (exact) mass is 412 g/mol. The number of likely N-dealkylation sites (tertiary alicyclic amines) is 1. The quantitative estimate of drug-likeness (QED) is 0.648. The lowest BCUT2D eigenvalue weighted by Gasteiger charge is -2.36. The Labute approximate surface area is 172 Å². The molecule has 156 valence electrons. The van der Waals surface area contributed by atoms with E-state index in [0.29, 0.717) is 53.4 Å². The third-order valence-corrected chi connectivity index (χ3v) is 4.67. The molecule has 0 spiro atoms. The molecule has 1 aromatic carbocycles. The Morgan fingerprint density at radius 2 is 1.87 bits per heavy atom. The van der Waals surface area contributed by atoms with Gasteiger partial charge in [-0.15, -0.1) is 0 Å². The van der Waals surface area contributed by atoms with Crippen molar-refractivity contribution in [2.24, 2.45) is 0 Å². The van der Waals surface area contributed by atoms with Crippen LogP contribution in [0.25, 0.3) is 11.5 Å². The summed E-state index contributed by atoms with van der Waals surface area (Å²) >= 11 is 0. The molecule has 11 nitrogen and oxygen atoms in total. The smallest absolute Gasteiger partial charge is 0.321 e. The van der Waals surface area contributed by atoms with E-state index >= 15 is 0 Å². The van der Waals surface area contributed by atoms with E-state index in [1.807, 2.05) is 0 Å². The number of ether oxygens (including phenoxy) is 3. The van der Waals surface area contributed by atoms with Gasteiger partial charge in [-0.3, -0.25) is 4.98 Å². The fourth-order valence-corrected chi connectivity index (χ4v) is 3.08. The van der Waals surface area contributed by atoms with Crippen LogP contribution in [0.5, 0.6) is 17.2 Å². The maximum Gasteiger partial charge on any atom is 0.321 e. The molecular weight excluding hydrogens is 392 g/mol. The van der Waals surface area contributed by atoms with Gasteiger partial charge in [-0.25, -0.2) is 9.78 Å². The summed E-state index contributed by atoms with van der Waals surface area (Å²) in [5.41, 5.74) is 1.06. The fraction of sp³-hybridized carbons (Fsp3) is 0.316. The first-order chi connectivity index (χ1) is 14.6. The summed E-state index contributed by atoms with van der Waals surface area (Å²) in [4.78, 5) is 26.7. The van der Waals surface area contributed by atoms with Crippen LogP contribution in [0.1, 0.15) is 11.8 Å². The van der Waals surface area contributed by atoms with Gasteiger partial charge in [-0.1, -0.05) is 5.16 Å². The number of carbonyl (C=O) groups is 1. The van der Waals surface area contributed by atoms with Gasteiger partial charge in [-0.2, -0.15) is 4.98 Å². The average molecular weight is 412 g/mol. The molecule has 0 radical (unpaired) electrons. The Hall–Kier alpha value is -3.89. The van der Waals surface area contributed by atoms with Gasteiger partial charge in [0.2, 0.25) is 17.5 Å². The Morgan fingerprint density at radius 1 is 1.13 bits per heavy atom. The molecule has 1 saturated heterocycles. The highest BCUT2D eigenvalue weighted by molar-refractivity contribution is 5.91. The summed E-state index contributed by atoms with van der Waals surface area (Å²) in [5, 5.41) is 6.77. The summed E-state index contributed by atoms with van der Waals surface area (Å²) in [5.74, 6) is 2.17. The molecule has 30 heavy (non-hydrogen) atoms. The standard InChI is InChI=1S/C19H20N6O5/c1-27-14-6-12(7-15(28-2)16(14)29-3)22-19(26)25-9-11(10-25)18-23-17(24-30-18)13-8-20-4-5-21-13/h4-8,11H,9-10H2,1-3H3,(H,22,26). The molecule has 1 aliphatic heterocycles. The van der Waals surface area contributed by atoms with Gasteiger partial charge in [-0.05, 0) is 0 Å². The van der Waals surface area contributed by atoms with E-state index in [-0.39, 0.29) is 11.9 Å². The third-order valence-electron chi connectivity index (χ3n) is 4.67. The first-order valence-corrected chi connectivity index (χ1v) is 9.08. The van der Waals surface area contributed by atoms with Crippen LogP contribution in [-0.4, -0.2) is 65.5 Å². The Kier molecular flexibility index (Phi) is 5.33. The van der Waals surface area contributed by atoms with Crippen LogP contribution in [0.2, 0.25) is 0 Å². The Bertz CT molecular complexity index is 1010. The average Bonchev–Trinajstić information content (AvgIpc) is 3.22. The minimum Gasteiger partial charge on any atom is -0.493 e. The Morgan fingerprint density at radius 3 is 2.47 bits per heavy atom. The number of hydrogen-bond donors (Lipinski definition) is 1. The van der Waals surface area contributed by atoms with Crippen LogP contribution < -0.4 is 19.5 Å². The number of urea groups is 1. The van der Waals surface area contributed by atoms with Crippen molar-refractivity contribution in [1.29, 1.82) is 0 Å². The van der Waals surface area contributed by atoms with Crippen LogP contribution >= 0.6 is 0 Å². The normalized spacial score (nSPS) is 13.5. The number of hydrogen-bond acceptors (Lipinski definition) is 9. The summed E-state index contributed by atoms with van der Waals surface area (Å²) in [6.07, 6.45) is 4.69. The molecule has 2 amide bonds. The molecule has 1 N–H and O–H groups in total. The highest BCUT2D eigenvalue weighted by Crippen LogP contribution is 2.40. The minimum atomic E-state index is -0.255. The van der Waals surface area contributed by atoms with Gasteiger partial charge < -0.3 is 29.0 Å². The number of aromatic nitrogens is 4. The van der Waals surface area contributed by atoms with Gasteiger partial charge in [0.25, 0.3) is 0 Å². The molecule has 0 saturated carbocycles. The lowest BCUT2D eigenvalue weighted by molar-refractivity contribution is 0.147. The number of methoxy groups -OCH3 is 3. The first-order valence-electron chi connectivity index (χ1n) is 9.08. The molecule has 2 aromatic heterocycles. The fourth-order valence-electron chi connectivity index (χ4n) is 3.08. The number of rotatable bonds is 6.